The van der Waals surface area contributed by atoms with Gasteiger partial charge < -0.3 is 19.7 Å². The van der Waals surface area contributed by atoms with E-state index in [0.29, 0.717) is 30.1 Å². The molecule has 0 radical (unpaired) electrons. The van der Waals surface area contributed by atoms with Gasteiger partial charge in [-0.15, -0.1) is 0 Å². The molecule has 3 rings (SSSR count). The normalized spacial score (nSPS) is 14.4. The van der Waals surface area contributed by atoms with E-state index >= 15 is 0 Å². The molecule has 1 fully saturated rings. The molecule has 0 aliphatic carbocycles. The highest BCUT2D eigenvalue weighted by Gasteiger charge is 2.26. The van der Waals surface area contributed by atoms with Crippen molar-refractivity contribution in [1.29, 1.82) is 0 Å². The summed E-state index contributed by atoms with van der Waals surface area (Å²) in [7, 11) is 0.218. The van der Waals surface area contributed by atoms with Gasteiger partial charge in [0.1, 0.15) is 0 Å². The van der Waals surface area contributed by atoms with Gasteiger partial charge in [-0.1, -0.05) is 25.0 Å². The molecule has 0 unspecified atom stereocenters. The van der Waals surface area contributed by atoms with E-state index in [-0.39, 0.29) is 16.6 Å². The number of nitrogens with one attached hydrogen (secondary N) is 1. The van der Waals surface area contributed by atoms with Crippen molar-refractivity contribution in [3.05, 3.63) is 48.0 Å². The minimum absolute atomic E-state index is 0.0304. The average Bonchev–Trinajstić information content (AvgIpc) is 3.13. The molecule has 1 N–H and O–H groups in total. The fraction of sp³-hybridized carbons (Fsp3) is 0.417. The molecule has 0 spiro atoms. The maximum Gasteiger partial charge on any atom is 0.255 e. The molecule has 1 saturated heterocycles. The lowest BCUT2D eigenvalue weighted by atomic mass is 10.1. The molecule has 1 heterocycles. The number of likely N-dealkylation sites (tertiary alicyclic amines) is 1. The van der Waals surface area contributed by atoms with Crippen LogP contribution in [0.1, 0.15) is 36.0 Å². The van der Waals surface area contributed by atoms with Gasteiger partial charge in [0.05, 0.1) is 36.9 Å². The third-order valence-electron chi connectivity index (χ3n) is 5.75. The van der Waals surface area contributed by atoms with Crippen LogP contribution in [0, 0.1) is 0 Å². The second kappa shape index (κ2) is 11.3. The van der Waals surface area contributed by atoms with Crippen molar-refractivity contribution in [2.45, 2.75) is 30.6 Å². The first-order valence-corrected chi connectivity index (χ1v) is 12.6. The fourth-order valence-corrected chi connectivity index (χ4v) is 5.00. The second-order valence-electron chi connectivity index (χ2n) is 8.08. The van der Waals surface area contributed by atoms with Crippen LogP contribution in [0.25, 0.3) is 0 Å². The summed E-state index contributed by atoms with van der Waals surface area (Å²) in [5, 5.41) is 2.70. The topological polar surface area (TPSA) is 105 Å². The van der Waals surface area contributed by atoms with Gasteiger partial charge in [0, 0.05) is 26.2 Å². The van der Waals surface area contributed by atoms with Crippen LogP contribution in [0.5, 0.6) is 11.5 Å². The average molecular weight is 490 g/mol. The van der Waals surface area contributed by atoms with Gasteiger partial charge in [-0.25, -0.2) is 8.42 Å². The lowest BCUT2D eigenvalue weighted by Gasteiger charge is -2.22. The Kier molecular flexibility index (Phi) is 8.51. The number of anilines is 1. The Bertz CT molecular complexity index is 1130. The third kappa shape index (κ3) is 5.87. The summed E-state index contributed by atoms with van der Waals surface area (Å²) in [6, 6.07) is 11.0. The zero-order chi connectivity index (χ0) is 24.7. The summed E-state index contributed by atoms with van der Waals surface area (Å²) in [5.74, 6) is -0.0262. The molecule has 0 bridgehead atoms. The summed E-state index contributed by atoms with van der Waals surface area (Å²) < 4.78 is 37.3. The first kappa shape index (κ1) is 25.5. The molecular formula is C24H31N3O6S. The molecule has 1 aliphatic rings. The monoisotopic (exact) mass is 489 g/mol. The third-order valence-corrected chi connectivity index (χ3v) is 7.55. The Hall–Kier alpha value is -3.11. The first-order valence-electron chi connectivity index (χ1n) is 11.1. The summed E-state index contributed by atoms with van der Waals surface area (Å²) in [4.78, 5) is 27.6. The highest BCUT2D eigenvalue weighted by Crippen LogP contribution is 2.30. The van der Waals surface area contributed by atoms with Gasteiger partial charge in [-0.3, -0.25) is 9.59 Å². The van der Waals surface area contributed by atoms with Crippen molar-refractivity contribution in [1.82, 2.24) is 9.21 Å². The van der Waals surface area contributed by atoms with Crippen molar-refractivity contribution < 1.29 is 27.5 Å². The van der Waals surface area contributed by atoms with Crippen molar-refractivity contribution in [3.8, 4) is 11.5 Å². The van der Waals surface area contributed by atoms with Gasteiger partial charge >= 0.3 is 0 Å². The molecule has 2 aromatic carbocycles. The maximum absolute atomic E-state index is 13.1. The summed E-state index contributed by atoms with van der Waals surface area (Å²) in [6.07, 6.45) is 4.12. The van der Waals surface area contributed by atoms with E-state index in [1.165, 1.54) is 39.5 Å². The standard InChI is InChI=1S/C24H31N3O6S/c1-26(34(30,31)18-12-13-21(32-2)22(16-18)33-3)17-23(28)25-20-11-7-6-10-19(20)24(29)27-14-8-4-5-9-15-27/h6-7,10-13,16H,4-5,8-9,14-15,17H2,1-3H3,(H,25,28). The van der Waals surface area contributed by atoms with Gasteiger partial charge in [0.2, 0.25) is 15.9 Å². The maximum atomic E-state index is 13.1. The number of rotatable bonds is 8. The number of carbonyl (C=O) groups excluding carboxylic acids is 2. The van der Waals surface area contributed by atoms with Gasteiger partial charge in [0.15, 0.2) is 11.5 Å². The number of hydrogen-bond donors (Lipinski definition) is 1. The Balaban J connectivity index is 1.73. The summed E-state index contributed by atoms with van der Waals surface area (Å²) in [6.45, 7) is 0.948. The van der Waals surface area contributed by atoms with E-state index in [1.807, 2.05) is 4.90 Å². The number of hydrogen-bond acceptors (Lipinski definition) is 6. The number of sulfonamides is 1. The van der Waals surface area contributed by atoms with Crippen LogP contribution in [-0.2, 0) is 14.8 Å². The quantitative estimate of drug-likeness (QED) is 0.611. The zero-order valence-electron chi connectivity index (χ0n) is 19.7. The highest BCUT2D eigenvalue weighted by atomic mass is 32.2. The van der Waals surface area contributed by atoms with Crippen molar-refractivity contribution >= 4 is 27.5 Å². The molecule has 34 heavy (non-hydrogen) atoms. The number of nitrogens with zero attached hydrogens (tertiary/aromatic N) is 2. The van der Waals surface area contributed by atoms with Gasteiger partial charge in [-0.2, -0.15) is 4.31 Å². The van der Waals surface area contributed by atoms with Crippen LogP contribution in [-0.4, -0.2) is 70.3 Å². The summed E-state index contributed by atoms with van der Waals surface area (Å²) >= 11 is 0. The lowest BCUT2D eigenvalue weighted by Crippen LogP contribution is -2.36. The minimum atomic E-state index is -3.97. The predicted octanol–water partition coefficient (Wildman–Crippen LogP) is 2.98. The van der Waals surface area contributed by atoms with E-state index < -0.39 is 22.5 Å². The molecule has 9 nitrogen and oxygen atoms in total. The lowest BCUT2D eigenvalue weighted by molar-refractivity contribution is -0.116. The first-order chi connectivity index (χ1) is 16.3. The van der Waals surface area contributed by atoms with E-state index in [0.717, 1.165) is 30.0 Å². The van der Waals surface area contributed by atoms with Crippen LogP contribution in [0.2, 0.25) is 0 Å². The minimum Gasteiger partial charge on any atom is -0.493 e. The van der Waals surface area contributed by atoms with E-state index in [9.17, 15) is 18.0 Å². The van der Waals surface area contributed by atoms with Crippen molar-refractivity contribution in [3.63, 3.8) is 0 Å². The van der Waals surface area contributed by atoms with E-state index in [1.54, 1.807) is 24.3 Å². The smallest absolute Gasteiger partial charge is 0.255 e. The highest BCUT2D eigenvalue weighted by molar-refractivity contribution is 7.89. The predicted molar refractivity (Wildman–Crippen MR) is 129 cm³/mol. The largest absolute Gasteiger partial charge is 0.493 e. The Morgan fingerprint density at radius 3 is 2.26 bits per heavy atom. The molecule has 184 valence electrons. The Labute approximate surface area is 200 Å². The zero-order valence-corrected chi connectivity index (χ0v) is 20.6. The van der Waals surface area contributed by atoms with Crippen LogP contribution in [0.15, 0.2) is 47.4 Å². The number of likely N-dealkylation sites (N-methyl/N-ethyl adjacent to an activating group) is 1. The summed E-state index contributed by atoms with van der Waals surface area (Å²) in [5.41, 5.74) is 0.752. The molecule has 0 atom stereocenters. The molecular weight excluding hydrogens is 458 g/mol. The molecule has 0 saturated carbocycles. The number of benzene rings is 2. The van der Waals surface area contributed by atoms with Crippen LogP contribution < -0.4 is 14.8 Å². The molecule has 10 heteroatoms. The van der Waals surface area contributed by atoms with Crippen molar-refractivity contribution in [2.24, 2.45) is 0 Å². The molecule has 2 amide bonds. The van der Waals surface area contributed by atoms with Gasteiger partial charge in [-0.05, 0) is 37.1 Å². The SMILES string of the molecule is COc1ccc(S(=O)(=O)N(C)CC(=O)Nc2ccccc2C(=O)N2CCCCCC2)cc1OC. The number of ether oxygens (including phenoxy) is 2. The molecule has 0 aromatic heterocycles. The number of methoxy groups -OCH3 is 2. The van der Waals surface area contributed by atoms with E-state index in [4.69, 9.17) is 9.47 Å². The molecule has 2 aromatic rings. The Morgan fingerprint density at radius 1 is 0.971 bits per heavy atom. The second-order valence-corrected chi connectivity index (χ2v) is 10.1. The Morgan fingerprint density at radius 2 is 1.62 bits per heavy atom. The number of amides is 2. The van der Waals surface area contributed by atoms with Crippen molar-refractivity contribution in [2.75, 3.05) is 46.2 Å². The number of para-hydroxylation sites is 1. The van der Waals surface area contributed by atoms with Gasteiger partial charge in [0.25, 0.3) is 5.91 Å². The van der Waals surface area contributed by atoms with Crippen LogP contribution >= 0.6 is 0 Å². The fourth-order valence-electron chi connectivity index (χ4n) is 3.86. The number of carbonyl (C=O) groups is 2. The van der Waals surface area contributed by atoms with Crippen LogP contribution in [0.4, 0.5) is 5.69 Å². The van der Waals surface area contributed by atoms with E-state index in [2.05, 4.69) is 5.32 Å². The molecule has 1 aliphatic heterocycles. The van der Waals surface area contributed by atoms with Crippen LogP contribution in [0.3, 0.4) is 0 Å².